The minimum atomic E-state index is 0. The van der Waals surface area contributed by atoms with Crippen molar-refractivity contribution >= 4 is 47.2 Å². The van der Waals surface area contributed by atoms with Crippen LogP contribution in [0.1, 0.15) is 5.56 Å². The summed E-state index contributed by atoms with van der Waals surface area (Å²) in [6.07, 6.45) is 3.86. The Kier molecular flexibility index (Phi) is 7.37. The molecular formula is C17H24ClIN6. The maximum atomic E-state index is 6.13. The van der Waals surface area contributed by atoms with E-state index in [1.165, 1.54) is 5.69 Å². The van der Waals surface area contributed by atoms with Gasteiger partial charge in [-0.05, 0) is 36.8 Å². The molecule has 25 heavy (non-hydrogen) atoms. The number of benzene rings is 1. The highest BCUT2D eigenvalue weighted by Crippen LogP contribution is 2.19. The molecule has 1 aromatic heterocycles. The minimum absolute atomic E-state index is 0. The Morgan fingerprint density at radius 2 is 1.88 bits per heavy atom. The van der Waals surface area contributed by atoms with Gasteiger partial charge in [-0.1, -0.05) is 11.6 Å². The summed E-state index contributed by atoms with van der Waals surface area (Å²) in [4.78, 5) is 8.96. The number of nitrogens with two attached hydrogens (primary N) is 1. The third-order valence-corrected chi connectivity index (χ3v) is 4.41. The van der Waals surface area contributed by atoms with Crippen molar-refractivity contribution in [3.63, 3.8) is 0 Å². The van der Waals surface area contributed by atoms with E-state index >= 15 is 0 Å². The molecule has 8 heteroatoms. The fourth-order valence-corrected chi connectivity index (χ4v) is 2.93. The van der Waals surface area contributed by atoms with Crippen molar-refractivity contribution in [1.29, 1.82) is 0 Å². The van der Waals surface area contributed by atoms with Crippen LogP contribution < -0.4 is 10.6 Å². The highest BCUT2D eigenvalue weighted by Gasteiger charge is 2.18. The van der Waals surface area contributed by atoms with Crippen LogP contribution in [0.5, 0.6) is 0 Å². The van der Waals surface area contributed by atoms with Gasteiger partial charge in [-0.15, -0.1) is 24.0 Å². The summed E-state index contributed by atoms with van der Waals surface area (Å²) in [6, 6.07) is 7.97. The SMILES string of the molecule is Cc1cnn(CCN=C(N)N2CCN(c3ccc(Cl)cc3)CC2)c1.I. The zero-order valence-corrected chi connectivity index (χ0v) is 17.4. The first-order valence-corrected chi connectivity index (χ1v) is 8.54. The molecule has 2 N–H and O–H groups in total. The molecule has 1 saturated heterocycles. The second kappa shape index (κ2) is 9.28. The molecule has 0 radical (unpaired) electrons. The largest absolute Gasteiger partial charge is 0.370 e. The topological polar surface area (TPSA) is 62.7 Å². The monoisotopic (exact) mass is 474 g/mol. The summed E-state index contributed by atoms with van der Waals surface area (Å²) < 4.78 is 1.89. The van der Waals surface area contributed by atoms with Crippen LogP contribution in [0, 0.1) is 6.92 Å². The number of halogens is 2. The molecule has 3 rings (SSSR count). The lowest BCUT2D eigenvalue weighted by Gasteiger charge is -2.36. The molecule has 2 heterocycles. The molecule has 0 spiro atoms. The number of aromatic nitrogens is 2. The molecule has 0 amide bonds. The van der Waals surface area contributed by atoms with Gasteiger partial charge in [0.15, 0.2) is 5.96 Å². The van der Waals surface area contributed by atoms with Crippen molar-refractivity contribution in [1.82, 2.24) is 14.7 Å². The van der Waals surface area contributed by atoms with Crippen LogP contribution in [0.2, 0.25) is 5.02 Å². The van der Waals surface area contributed by atoms with Gasteiger partial charge in [-0.25, -0.2) is 0 Å². The Morgan fingerprint density at radius 1 is 1.20 bits per heavy atom. The first-order valence-electron chi connectivity index (χ1n) is 8.16. The summed E-state index contributed by atoms with van der Waals surface area (Å²) >= 11 is 5.94. The highest BCUT2D eigenvalue weighted by molar-refractivity contribution is 14.0. The predicted octanol–water partition coefficient (Wildman–Crippen LogP) is 2.60. The van der Waals surface area contributed by atoms with Crippen LogP contribution in [-0.2, 0) is 6.54 Å². The van der Waals surface area contributed by atoms with Crippen LogP contribution in [-0.4, -0.2) is 53.4 Å². The lowest BCUT2D eigenvalue weighted by atomic mass is 10.2. The van der Waals surface area contributed by atoms with Crippen molar-refractivity contribution in [2.45, 2.75) is 13.5 Å². The number of nitrogens with zero attached hydrogens (tertiary/aromatic N) is 5. The van der Waals surface area contributed by atoms with Gasteiger partial charge in [-0.3, -0.25) is 9.67 Å². The Bertz CT molecular complexity index is 691. The molecule has 1 aliphatic heterocycles. The smallest absolute Gasteiger partial charge is 0.191 e. The molecule has 0 bridgehead atoms. The fraction of sp³-hybridized carbons (Fsp3) is 0.412. The first-order chi connectivity index (χ1) is 11.6. The second-order valence-electron chi connectivity index (χ2n) is 5.97. The van der Waals surface area contributed by atoms with Crippen molar-refractivity contribution < 1.29 is 0 Å². The summed E-state index contributed by atoms with van der Waals surface area (Å²) in [6.45, 7) is 7.02. The van der Waals surface area contributed by atoms with Gasteiger partial charge in [-0.2, -0.15) is 5.10 Å². The van der Waals surface area contributed by atoms with E-state index < -0.39 is 0 Å². The Hall–Kier alpha value is -1.48. The van der Waals surface area contributed by atoms with E-state index in [9.17, 15) is 0 Å². The van der Waals surface area contributed by atoms with Gasteiger partial charge in [0.25, 0.3) is 0 Å². The van der Waals surface area contributed by atoms with E-state index in [-0.39, 0.29) is 24.0 Å². The Balaban J connectivity index is 0.00000225. The van der Waals surface area contributed by atoms with Crippen LogP contribution in [0.4, 0.5) is 5.69 Å². The molecule has 1 aromatic carbocycles. The summed E-state index contributed by atoms with van der Waals surface area (Å²) in [5, 5.41) is 5.02. The lowest BCUT2D eigenvalue weighted by molar-refractivity contribution is 0.380. The molecule has 1 fully saturated rings. The number of aryl methyl sites for hydroxylation is 1. The highest BCUT2D eigenvalue weighted by atomic mass is 127. The van der Waals surface area contributed by atoms with Gasteiger partial charge in [0.05, 0.1) is 19.3 Å². The second-order valence-corrected chi connectivity index (χ2v) is 6.41. The molecule has 0 atom stereocenters. The molecule has 2 aromatic rings. The Morgan fingerprint density at radius 3 is 2.48 bits per heavy atom. The van der Waals surface area contributed by atoms with Gasteiger partial charge < -0.3 is 15.5 Å². The van der Waals surface area contributed by atoms with E-state index in [1.807, 2.05) is 36.1 Å². The van der Waals surface area contributed by atoms with Crippen molar-refractivity contribution in [3.05, 3.63) is 47.2 Å². The van der Waals surface area contributed by atoms with E-state index in [0.29, 0.717) is 12.5 Å². The first kappa shape index (κ1) is 19.8. The summed E-state index contributed by atoms with van der Waals surface area (Å²) in [7, 11) is 0. The number of piperazine rings is 1. The number of guanidine groups is 1. The van der Waals surface area contributed by atoms with Gasteiger partial charge in [0.1, 0.15) is 0 Å². The van der Waals surface area contributed by atoms with E-state index in [0.717, 1.165) is 43.3 Å². The molecule has 0 unspecified atom stereocenters. The molecule has 136 valence electrons. The standard InChI is InChI=1S/C17H23ClN6.HI/c1-14-12-21-24(13-14)7-6-20-17(19)23-10-8-22(9-11-23)16-4-2-15(18)3-5-16;/h2-5,12-13H,6-11H2,1H3,(H2,19,20);1H. The van der Waals surface area contributed by atoms with Crippen LogP contribution >= 0.6 is 35.6 Å². The number of anilines is 1. The molecule has 6 nitrogen and oxygen atoms in total. The maximum Gasteiger partial charge on any atom is 0.191 e. The van der Waals surface area contributed by atoms with Crippen LogP contribution in [0.15, 0.2) is 41.7 Å². The Labute approximate surface area is 170 Å². The van der Waals surface area contributed by atoms with Crippen LogP contribution in [0.25, 0.3) is 0 Å². The van der Waals surface area contributed by atoms with Crippen molar-refractivity contribution in [2.75, 3.05) is 37.6 Å². The number of hydrogen-bond donors (Lipinski definition) is 1. The molecular weight excluding hydrogens is 451 g/mol. The normalized spacial score (nSPS) is 15.2. The fourth-order valence-electron chi connectivity index (χ4n) is 2.80. The minimum Gasteiger partial charge on any atom is -0.370 e. The van der Waals surface area contributed by atoms with E-state index in [1.54, 1.807) is 0 Å². The van der Waals surface area contributed by atoms with Gasteiger partial charge >= 0.3 is 0 Å². The molecule has 1 aliphatic rings. The van der Waals surface area contributed by atoms with E-state index in [2.05, 4.69) is 32.0 Å². The van der Waals surface area contributed by atoms with Crippen molar-refractivity contribution in [2.24, 2.45) is 10.7 Å². The average Bonchev–Trinajstić information content (AvgIpc) is 3.01. The van der Waals surface area contributed by atoms with Crippen LogP contribution in [0.3, 0.4) is 0 Å². The third kappa shape index (κ3) is 5.50. The maximum absolute atomic E-state index is 6.13. The number of hydrogen-bond acceptors (Lipinski definition) is 3. The number of aliphatic imine (C=N–C) groups is 1. The van der Waals surface area contributed by atoms with Crippen molar-refractivity contribution in [3.8, 4) is 0 Å². The summed E-state index contributed by atoms with van der Waals surface area (Å²) in [5.41, 5.74) is 8.49. The van der Waals surface area contributed by atoms with E-state index in [4.69, 9.17) is 17.3 Å². The quantitative estimate of drug-likeness (QED) is 0.420. The molecule has 0 saturated carbocycles. The zero-order valence-electron chi connectivity index (χ0n) is 14.3. The zero-order chi connectivity index (χ0) is 16.9. The lowest BCUT2D eigenvalue weighted by Crippen LogP contribution is -2.51. The summed E-state index contributed by atoms with van der Waals surface area (Å²) in [5.74, 6) is 0.620. The van der Waals surface area contributed by atoms with Gasteiger partial charge in [0.2, 0.25) is 0 Å². The number of rotatable bonds is 4. The molecule has 0 aliphatic carbocycles. The third-order valence-electron chi connectivity index (χ3n) is 4.16. The average molecular weight is 475 g/mol. The van der Waals surface area contributed by atoms with Gasteiger partial charge in [0, 0.05) is 43.1 Å². The predicted molar refractivity (Wildman–Crippen MR) is 114 cm³/mol.